The summed E-state index contributed by atoms with van der Waals surface area (Å²) < 4.78 is 18.8. The van der Waals surface area contributed by atoms with E-state index in [1.807, 2.05) is 13.8 Å². The third-order valence-electron chi connectivity index (χ3n) is 3.62. The quantitative estimate of drug-likeness (QED) is 0.861. The summed E-state index contributed by atoms with van der Waals surface area (Å²) in [4.78, 5) is 3.80. The normalized spacial score (nSPS) is 33.6. The van der Waals surface area contributed by atoms with Crippen LogP contribution in [0.1, 0.15) is 38.7 Å². The molecule has 2 unspecified atom stereocenters. The van der Waals surface area contributed by atoms with Crippen LogP contribution in [0, 0.1) is 5.82 Å². The van der Waals surface area contributed by atoms with Gasteiger partial charge < -0.3 is 9.84 Å². The molecule has 0 aliphatic carbocycles. The SMILES string of the molecule is CCC1(C)CC(O)(c2cncc(F)c2)CCO1. The summed E-state index contributed by atoms with van der Waals surface area (Å²) >= 11 is 0. The van der Waals surface area contributed by atoms with E-state index >= 15 is 0 Å². The molecule has 0 aromatic carbocycles. The Bertz CT molecular complexity index is 412. The van der Waals surface area contributed by atoms with Gasteiger partial charge in [-0.25, -0.2) is 4.39 Å². The fourth-order valence-electron chi connectivity index (χ4n) is 2.36. The maximum atomic E-state index is 13.2. The molecule has 2 heterocycles. The van der Waals surface area contributed by atoms with E-state index in [4.69, 9.17) is 4.74 Å². The molecule has 94 valence electrons. The molecule has 1 fully saturated rings. The van der Waals surface area contributed by atoms with Crippen LogP contribution in [0.25, 0.3) is 0 Å². The lowest BCUT2D eigenvalue weighted by Crippen LogP contribution is -2.45. The van der Waals surface area contributed by atoms with Gasteiger partial charge in [0.1, 0.15) is 5.82 Å². The highest BCUT2D eigenvalue weighted by Crippen LogP contribution is 2.40. The maximum Gasteiger partial charge on any atom is 0.141 e. The zero-order valence-electron chi connectivity index (χ0n) is 10.2. The molecule has 2 rings (SSSR count). The fraction of sp³-hybridized carbons (Fsp3) is 0.615. The Morgan fingerprint density at radius 2 is 2.29 bits per heavy atom. The highest BCUT2D eigenvalue weighted by molar-refractivity contribution is 5.20. The van der Waals surface area contributed by atoms with Crippen LogP contribution >= 0.6 is 0 Å². The highest BCUT2D eigenvalue weighted by atomic mass is 19.1. The lowest BCUT2D eigenvalue weighted by atomic mass is 9.78. The first-order valence-corrected chi connectivity index (χ1v) is 5.95. The molecule has 1 aromatic heterocycles. The molecule has 0 amide bonds. The van der Waals surface area contributed by atoms with Gasteiger partial charge in [0.25, 0.3) is 0 Å². The zero-order chi connectivity index (χ0) is 12.5. The van der Waals surface area contributed by atoms with E-state index in [9.17, 15) is 9.50 Å². The van der Waals surface area contributed by atoms with E-state index in [1.165, 1.54) is 12.3 Å². The smallest absolute Gasteiger partial charge is 0.141 e. The van der Waals surface area contributed by atoms with Crippen LogP contribution in [0.3, 0.4) is 0 Å². The third-order valence-corrected chi connectivity index (χ3v) is 3.62. The molecule has 2 atom stereocenters. The molecule has 17 heavy (non-hydrogen) atoms. The molecule has 0 saturated carbocycles. The number of halogens is 1. The molecule has 4 heteroatoms. The van der Waals surface area contributed by atoms with Gasteiger partial charge in [-0.3, -0.25) is 4.98 Å². The van der Waals surface area contributed by atoms with Crippen LogP contribution in [0.4, 0.5) is 4.39 Å². The molecule has 1 saturated heterocycles. The maximum absolute atomic E-state index is 13.2. The van der Waals surface area contributed by atoms with Crippen molar-refractivity contribution in [1.29, 1.82) is 0 Å². The standard InChI is InChI=1S/C13H18FNO2/c1-3-12(2)9-13(16,4-5-17-12)10-6-11(14)8-15-7-10/h6-8,16H,3-5,9H2,1-2H3. The summed E-state index contributed by atoms with van der Waals surface area (Å²) in [6.07, 6.45) is 4.45. The van der Waals surface area contributed by atoms with Gasteiger partial charge in [-0.15, -0.1) is 0 Å². The minimum atomic E-state index is -1.03. The fourth-order valence-corrected chi connectivity index (χ4v) is 2.36. The second kappa shape index (κ2) is 4.35. The van der Waals surface area contributed by atoms with Crippen LogP contribution in [0.15, 0.2) is 18.5 Å². The van der Waals surface area contributed by atoms with Gasteiger partial charge in [-0.1, -0.05) is 6.92 Å². The summed E-state index contributed by atoms with van der Waals surface area (Å²) in [5.74, 6) is -0.416. The van der Waals surface area contributed by atoms with Gasteiger partial charge in [0.15, 0.2) is 0 Å². The van der Waals surface area contributed by atoms with Crippen molar-refractivity contribution in [2.24, 2.45) is 0 Å². The van der Waals surface area contributed by atoms with E-state index in [0.29, 0.717) is 25.0 Å². The Balaban J connectivity index is 2.29. The van der Waals surface area contributed by atoms with Crippen molar-refractivity contribution in [3.05, 3.63) is 29.8 Å². The molecule has 1 aliphatic rings. The number of rotatable bonds is 2. The first-order valence-electron chi connectivity index (χ1n) is 5.95. The van der Waals surface area contributed by atoms with Crippen molar-refractivity contribution in [2.45, 2.75) is 44.3 Å². The van der Waals surface area contributed by atoms with Gasteiger partial charge in [-0.2, -0.15) is 0 Å². The monoisotopic (exact) mass is 239 g/mol. The van der Waals surface area contributed by atoms with E-state index in [0.717, 1.165) is 12.6 Å². The molecule has 0 bridgehead atoms. The lowest BCUT2D eigenvalue weighted by Gasteiger charge is -2.43. The van der Waals surface area contributed by atoms with Gasteiger partial charge in [-0.05, 0) is 19.4 Å². The van der Waals surface area contributed by atoms with Crippen LogP contribution in [0.5, 0.6) is 0 Å². The Labute approximate surface area is 101 Å². The first-order chi connectivity index (χ1) is 7.97. The van der Waals surface area contributed by atoms with Gasteiger partial charge in [0, 0.05) is 24.6 Å². The highest BCUT2D eigenvalue weighted by Gasteiger charge is 2.42. The number of aliphatic hydroxyl groups is 1. The van der Waals surface area contributed by atoms with Crippen LogP contribution in [0.2, 0.25) is 0 Å². The van der Waals surface area contributed by atoms with Crippen molar-refractivity contribution < 1.29 is 14.2 Å². The second-order valence-corrected chi connectivity index (χ2v) is 5.00. The Kier molecular flexibility index (Phi) is 3.19. The first kappa shape index (κ1) is 12.5. The Hall–Kier alpha value is -1.00. The van der Waals surface area contributed by atoms with E-state index in [2.05, 4.69) is 4.98 Å². The second-order valence-electron chi connectivity index (χ2n) is 5.00. The predicted molar refractivity (Wildman–Crippen MR) is 62.0 cm³/mol. The van der Waals surface area contributed by atoms with Crippen LogP contribution in [-0.4, -0.2) is 22.3 Å². The minimum absolute atomic E-state index is 0.348. The van der Waals surface area contributed by atoms with Crippen molar-refractivity contribution in [1.82, 2.24) is 4.98 Å². The van der Waals surface area contributed by atoms with Crippen molar-refractivity contribution in [2.75, 3.05) is 6.61 Å². The summed E-state index contributed by atoms with van der Waals surface area (Å²) in [6, 6.07) is 1.36. The molecule has 1 aromatic rings. The van der Waals surface area contributed by atoms with E-state index in [-0.39, 0.29) is 5.60 Å². The average Bonchev–Trinajstić information content (AvgIpc) is 2.29. The third kappa shape index (κ3) is 2.48. The number of nitrogens with zero attached hydrogens (tertiary/aromatic N) is 1. The van der Waals surface area contributed by atoms with Crippen molar-refractivity contribution in [3.63, 3.8) is 0 Å². The van der Waals surface area contributed by atoms with Gasteiger partial charge >= 0.3 is 0 Å². The number of ether oxygens (including phenoxy) is 1. The zero-order valence-corrected chi connectivity index (χ0v) is 10.2. The number of aromatic nitrogens is 1. The van der Waals surface area contributed by atoms with Crippen LogP contribution < -0.4 is 0 Å². The largest absolute Gasteiger partial charge is 0.385 e. The van der Waals surface area contributed by atoms with Crippen molar-refractivity contribution in [3.8, 4) is 0 Å². The number of hydrogen-bond donors (Lipinski definition) is 1. The molecule has 0 radical (unpaired) electrons. The summed E-state index contributed by atoms with van der Waals surface area (Å²) in [5, 5.41) is 10.6. The minimum Gasteiger partial charge on any atom is -0.385 e. The van der Waals surface area contributed by atoms with E-state index in [1.54, 1.807) is 0 Å². The predicted octanol–water partition coefficient (Wildman–Crippen LogP) is 2.39. The Morgan fingerprint density at radius 3 is 2.94 bits per heavy atom. The van der Waals surface area contributed by atoms with E-state index < -0.39 is 11.4 Å². The average molecular weight is 239 g/mol. The number of pyridine rings is 1. The lowest BCUT2D eigenvalue weighted by molar-refractivity contribution is -0.157. The summed E-state index contributed by atoms with van der Waals surface area (Å²) in [5.41, 5.74) is -0.835. The van der Waals surface area contributed by atoms with Gasteiger partial charge in [0.05, 0.1) is 24.0 Å². The molecule has 1 aliphatic heterocycles. The molecular weight excluding hydrogens is 221 g/mol. The molecule has 0 spiro atoms. The molecule has 3 nitrogen and oxygen atoms in total. The summed E-state index contributed by atoms with van der Waals surface area (Å²) in [6.45, 7) is 4.48. The number of hydrogen-bond acceptors (Lipinski definition) is 3. The Morgan fingerprint density at radius 1 is 1.53 bits per heavy atom. The molecule has 1 N–H and O–H groups in total. The van der Waals surface area contributed by atoms with Crippen LogP contribution in [-0.2, 0) is 10.3 Å². The van der Waals surface area contributed by atoms with Gasteiger partial charge in [0.2, 0.25) is 0 Å². The van der Waals surface area contributed by atoms with Crippen molar-refractivity contribution >= 4 is 0 Å². The summed E-state index contributed by atoms with van der Waals surface area (Å²) in [7, 11) is 0. The molecular formula is C13H18FNO2. The topological polar surface area (TPSA) is 42.4 Å².